The molecule has 7 nitrogen and oxygen atoms in total. The van der Waals surface area contributed by atoms with Gasteiger partial charge in [0.1, 0.15) is 0 Å². The van der Waals surface area contributed by atoms with Gasteiger partial charge in [-0.3, -0.25) is 14.4 Å². The zero-order valence-electron chi connectivity index (χ0n) is 14.4. The van der Waals surface area contributed by atoms with Crippen molar-refractivity contribution in [3.8, 4) is 0 Å². The van der Waals surface area contributed by atoms with Gasteiger partial charge in [-0.1, -0.05) is 36.8 Å². The molecule has 5 N–H and O–H groups in total. The van der Waals surface area contributed by atoms with E-state index in [1.165, 1.54) is 4.90 Å². The van der Waals surface area contributed by atoms with Gasteiger partial charge in [0.25, 0.3) is 0 Å². The summed E-state index contributed by atoms with van der Waals surface area (Å²) in [4.78, 5) is 36.2. The van der Waals surface area contributed by atoms with Crippen LogP contribution in [0.3, 0.4) is 0 Å². The van der Waals surface area contributed by atoms with Crippen molar-refractivity contribution < 1.29 is 19.5 Å². The highest BCUT2D eigenvalue weighted by Crippen LogP contribution is 2.07. The third-order valence-corrected chi connectivity index (χ3v) is 3.84. The predicted octanol–water partition coefficient (Wildman–Crippen LogP) is 0.558. The first kappa shape index (κ1) is 20.8. The summed E-state index contributed by atoms with van der Waals surface area (Å²) in [7, 11) is 0. The molecule has 0 aliphatic heterocycles. The van der Waals surface area contributed by atoms with Crippen LogP contribution in [0, 0.1) is 0 Å². The predicted molar refractivity (Wildman–Crippen MR) is 94.9 cm³/mol. The summed E-state index contributed by atoms with van der Waals surface area (Å²) in [6.45, 7) is 0.181. The van der Waals surface area contributed by atoms with E-state index in [0.717, 1.165) is 5.56 Å². The number of rotatable bonds is 12. The van der Waals surface area contributed by atoms with Crippen LogP contribution in [0.5, 0.6) is 0 Å². The fraction of sp³-hybridized carbons (Fsp3) is 0.500. The van der Waals surface area contributed by atoms with E-state index in [1.54, 1.807) is 0 Å². The van der Waals surface area contributed by atoms with Crippen molar-refractivity contribution in [2.75, 3.05) is 19.6 Å². The van der Waals surface area contributed by atoms with Gasteiger partial charge in [-0.05, 0) is 24.8 Å². The van der Waals surface area contributed by atoms with Crippen LogP contribution in [0.15, 0.2) is 30.3 Å². The van der Waals surface area contributed by atoms with Crippen LogP contribution in [0.2, 0.25) is 0 Å². The third kappa shape index (κ3) is 8.42. The molecule has 25 heavy (non-hydrogen) atoms. The molecule has 1 aromatic carbocycles. The lowest BCUT2D eigenvalue weighted by molar-refractivity contribution is -0.137. The number of benzene rings is 1. The van der Waals surface area contributed by atoms with Crippen molar-refractivity contribution in [3.05, 3.63) is 35.9 Å². The van der Waals surface area contributed by atoms with Crippen molar-refractivity contribution in [1.82, 2.24) is 4.90 Å². The highest BCUT2D eigenvalue weighted by molar-refractivity contribution is 5.89. The van der Waals surface area contributed by atoms with Gasteiger partial charge >= 0.3 is 5.97 Å². The number of carboxylic acids is 1. The maximum Gasteiger partial charge on any atom is 0.303 e. The lowest BCUT2D eigenvalue weighted by atomic mass is 10.1. The fourth-order valence-corrected chi connectivity index (χ4v) is 2.49. The molecule has 1 rings (SSSR count). The van der Waals surface area contributed by atoms with Gasteiger partial charge in [0.15, 0.2) is 5.78 Å². The third-order valence-electron chi connectivity index (χ3n) is 3.84. The Morgan fingerprint density at radius 3 is 2.36 bits per heavy atom. The number of ketones is 1. The van der Waals surface area contributed by atoms with Crippen LogP contribution in [0.1, 0.15) is 31.2 Å². The normalized spacial score (nSPS) is 11.8. The smallest absolute Gasteiger partial charge is 0.303 e. The van der Waals surface area contributed by atoms with Crippen molar-refractivity contribution in [2.24, 2.45) is 11.5 Å². The van der Waals surface area contributed by atoms with Crippen LogP contribution in [0.4, 0.5) is 0 Å². The summed E-state index contributed by atoms with van der Waals surface area (Å²) in [5.41, 5.74) is 12.3. The Balaban J connectivity index is 2.58. The number of aliphatic carboxylic acids is 1. The quantitative estimate of drug-likeness (QED) is 0.473. The zero-order valence-corrected chi connectivity index (χ0v) is 14.4. The molecule has 0 bridgehead atoms. The molecule has 0 fully saturated rings. The van der Waals surface area contributed by atoms with E-state index in [9.17, 15) is 14.4 Å². The lowest BCUT2D eigenvalue weighted by Gasteiger charge is -2.25. The molecule has 0 aromatic heterocycles. The lowest BCUT2D eigenvalue weighted by Crippen LogP contribution is -2.48. The summed E-state index contributed by atoms with van der Waals surface area (Å²) >= 11 is 0. The largest absolute Gasteiger partial charge is 0.481 e. The minimum Gasteiger partial charge on any atom is -0.481 e. The highest BCUT2D eigenvalue weighted by Gasteiger charge is 2.22. The molecular formula is C18H27N3O4. The summed E-state index contributed by atoms with van der Waals surface area (Å²) in [6, 6.07) is 8.71. The minimum atomic E-state index is -0.837. The molecule has 1 aromatic rings. The number of nitrogens with zero attached hydrogens (tertiary/aromatic N) is 1. The van der Waals surface area contributed by atoms with Crippen molar-refractivity contribution in [3.63, 3.8) is 0 Å². The van der Waals surface area contributed by atoms with E-state index in [2.05, 4.69) is 0 Å². The Morgan fingerprint density at radius 2 is 1.76 bits per heavy atom. The second kappa shape index (κ2) is 11.3. The molecule has 138 valence electrons. The standard InChI is InChI=1S/C18H27N3O4/c19-12-15(22)13-21(10-6-2-5-9-17(23)24)18(25)16(20)11-14-7-3-1-4-8-14/h1,3-4,7-8,16H,2,5-6,9-13,19-20H2,(H,23,24). The summed E-state index contributed by atoms with van der Waals surface area (Å²) in [6.07, 6.45) is 2.32. The minimum absolute atomic E-state index is 0.0588. The number of nitrogens with two attached hydrogens (primary N) is 2. The van der Waals surface area contributed by atoms with Gasteiger partial charge in [0, 0.05) is 13.0 Å². The summed E-state index contributed by atoms with van der Waals surface area (Å²) in [5.74, 6) is -1.36. The molecule has 1 amide bonds. The van der Waals surface area contributed by atoms with Crippen LogP contribution in [-0.4, -0.2) is 53.3 Å². The Labute approximate surface area is 148 Å². The Hall–Kier alpha value is -2.25. The molecule has 0 saturated heterocycles. The summed E-state index contributed by atoms with van der Waals surface area (Å²) < 4.78 is 0. The van der Waals surface area contributed by atoms with Gasteiger partial charge < -0.3 is 21.5 Å². The molecule has 1 atom stereocenters. The second-order valence-electron chi connectivity index (χ2n) is 6.00. The number of hydrogen-bond acceptors (Lipinski definition) is 5. The number of unbranched alkanes of at least 4 members (excludes halogenated alkanes) is 2. The molecule has 0 heterocycles. The van der Waals surface area contributed by atoms with Gasteiger partial charge in [0.05, 0.1) is 19.1 Å². The van der Waals surface area contributed by atoms with E-state index in [4.69, 9.17) is 16.6 Å². The number of hydrogen-bond donors (Lipinski definition) is 3. The highest BCUT2D eigenvalue weighted by atomic mass is 16.4. The van der Waals surface area contributed by atoms with Crippen LogP contribution in [0.25, 0.3) is 0 Å². The first-order chi connectivity index (χ1) is 11.9. The first-order valence-corrected chi connectivity index (χ1v) is 8.46. The van der Waals surface area contributed by atoms with Gasteiger partial charge in [-0.15, -0.1) is 0 Å². The van der Waals surface area contributed by atoms with Crippen molar-refractivity contribution in [2.45, 2.75) is 38.1 Å². The molecular weight excluding hydrogens is 322 g/mol. The van der Waals surface area contributed by atoms with Gasteiger partial charge in [0.2, 0.25) is 5.91 Å². The average Bonchev–Trinajstić information content (AvgIpc) is 2.60. The Kier molecular flexibility index (Phi) is 9.42. The number of carboxylic acid groups (broad SMARTS) is 1. The van der Waals surface area contributed by atoms with E-state index in [0.29, 0.717) is 32.2 Å². The molecule has 0 aliphatic carbocycles. The number of carbonyl (C=O) groups is 3. The van der Waals surface area contributed by atoms with Crippen LogP contribution < -0.4 is 11.5 Å². The molecule has 0 radical (unpaired) electrons. The van der Waals surface area contributed by atoms with Gasteiger partial charge in [-0.2, -0.15) is 0 Å². The topological polar surface area (TPSA) is 127 Å². The van der Waals surface area contributed by atoms with E-state index >= 15 is 0 Å². The fourth-order valence-electron chi connectivity index (χ4n) is 2.49. The van der Waals surface area contributed by atoms with E-state index < -0.39 is 12.0 Å². The maximum absolute atomic E-state index is 12.6. The van der Waals surface area contributed by atoms with Crippen LogP contribution >= 0.6 is 0 Å². The van der Waals surface area contributed by atoms with Crippen molar-refractivity contribution >= 4 is 17.7 Å². The molecule has 0 spiro atoms. The maximum atomic E-state index is 12.6. The average molecular weight is 349 g/mol. The monoisotopic (exact) mass is 349 g/mol. The second-order valence-corrected chi connectivity index (χ2v) is 6.00. The Bertz CT molecular complexity index is 563. The molecule has 0 saturated carbocycles. The summed E-state index contributed by atoms with van der Waals surface area (Å²) in [5, 5.41) is 8.63. The van der Waals surface area contributed by atoms with Crippen LogP contribution in [-0.2, 0) is 20.8 Å². The number of Topliss-reactive ketones (excluding diaryl/α,β-unsaturated/α-hetero) is 1. The van der Waals surface area contributed by atoms with E-state index in [1.807, 2.05) is 30.3 Å². The van der Waals surface area contributed by atoms with Gasteiger partial charge in [-0.25, -0.2) is 0 Å². The number of carbonyl (C=O) groups excluding carboxylic acids is 2. The first-order valence-electron chi connectivity index (χ1n) is 8.46. The zero-order chi connectivity index (χ0) is 18.7. The molecule has 0 aliphatic rings. The SMILES string of the molecule is NCC(=O)CN(CCCCCC(=O)O)C(=O)C(N)Cc1ccccc1. The van der Waals surface area contributed by atoms with E-state index in [-0.39, 0.29) is 31.2 Å². The van der Waals surface area contributed by atoms with Crippen molar-refractivity contribution in [1.29, 1.82) is 0 Å². The number of amides is 1. The molecule has 7 heteroatoms. The Morgan fingerprint density at radius 1 is 1.08 bits per heavy atom. The molecule has 1 unspecified atom stereocenters.